The van der Waals surface area contributed by atoms with E-state index in [9.17, 15) is 9.59 Å². The number of benzene rings is 1. The van der Waals surface area contributed by atoms with Crippen molar-refractivity contribution in [3.05, 3.63) is 36.0 Å². The Kier molecular flexibility index (Phi) is 6.01. The third-order valence-corrected chi connectivity index (χ3v) is 4.66. The first-order valence-electron chi connectivity index (χ1n) is 8.54. The normalized spacial score (nSPS) is 14.8. The monoisotopic (exact) mass is 329 g/mol. The molecule has 3 N–H and O–H groups in total. The van der Waals surface area contributed by atoms with E-state index < -0.39 is 6.04 Å². The van der Waals surface area contributed by atoms with Gasteiger partial charge < -0.3 is 15.6 Å². The summed E-state index contributed by atoms with van der Waals surface area (Å²) < 4.78 is 0. The van der Waals surface area contributed by atoms with Gasteiger partial charge in [-0.3, -0.25) is 9.59 Å². The molecular weight excluding hydrogens is 302 g/mol. The molecule has 0 aliphatic carbocycles. The number of aromatic amines is 1. The fourth-order valence-electron chi connectivity index (χ4n) is 2.80. The molecule has 0 aliphatic rings. The molecular formula is C19H27N3O2. The highest BCUT2D eigenvalue weighted by atomic mass is 16.2. The van der Waals surface area contributed by atoms with E-state index in [1.807, 2.05) is 37.4 Å². The summed E-state index contributed by atoms with van der Waals surface area (Å²) in [5.41, 5.74) is 2.05. The van der Waals surface area contributed by atoms with Crippen LogP contribution in [0.2, 0.25) is 0 Å². The predicted octanol–water partition coefficient (Wildman–Crippen LogP) is 2.77. The van der Waals surface area contributed by atoms with Crippen LogP contribution in [0.5, 0.6) is 0 Å². The minimum atomic E-state index is -0.576. The Bertz CT molecular complexity index is 707. The first kappa shape index (κ1) is 18.0. The number of hydrogen-bond donors (Lipinski definition) is 3. The Balaban J connectivity index is 2.16. The van der Waals surface area contributed by atoms with Crippen LogP contribution in [0.4, 0.5) is 0 Å². The second-order valence-electron chi connectivity index (χ2n) is 6.50. The van der Waals surface area contributed by atoms with Gasteiger partial charge in [-0.2, -0.15) is 0 Å². The van der Waals surface area contributed by atoms with Crippen LogP contribution < -0.4 is 10.6 Å². The lowest BCUT2D eigenvalue weighted by molar-refractivity contribution is -0.128. The number of rotatable bonds is 7. The summed E-state index contributed by atoms with van der Waals surface area (Å²) in [7, 11) is 0. The van der Waals surface area contributed by atoms with E-state index in [1.165, 1.54) is 6.92 Å². The fourth-order valence-corrected chi connectivity index (χ4v) is 2.80. The summed E-state index contributed by atoms with van der Waals surface area (Å²) in [6.07, 6.45) is 3.36. The lowest BCUT2D eigenvalue weighted by Crippen LogP contribution is -2.50. The average molecular weight is 329 g/mol. The maximum absolute atomic E-state index is 12.6. The number of nitrogens with one attached hydrogen (secondary N) is 3. The Morgan fingerprint density at radius 2 is 1.88 bits per heavy atom. The Labute approximate surface area is 143 Å². The Hall–Kier alpha value is -2.30. The van der Waals surface area contributed by atoms with Crippen molar-refractivity contribution < 1.29 is 9.59 Å². The number of para-hydroxylation sites is 1. The van der Waals surface area contributed by atoms with Crippen LogP contribution in [0.25, 0.3) is 10.9 Å². The molecule has 0 spiro atoms. The quantitative estimate of drug-likeness (QED) is 0.731. The lowest BCUT2D eigenvalue weighted by Gasteiger charge is -2.24. The van der Waals surface area contributed by atoms with Gasteiger partial charge in [-0.1, -0.05) is 38.5 Å². The van der Waals surface area contributed by atoms with E-state index in [1.54, 1.807) is 0 Å². The molecule has 0 bridgehead atoms. The van der Waals surface area contributed by atoms with Crippen molar-refractivity contribution in [3.8, 4) is 0 Å². The van der Waals surface area contributed by atoms with Crippen LogP contribution in [0.15, 0.2) is 30.5 Å². The zero-order valence-electron chi connectivity index (χ0n) is 14.8. The van der Waals surface area contributed by atoms with Crippen LogP contribution >= 0.6 is 0 Å². The molecule has 2 rings (SSSR count). The molecule has 3 unspecified atom stereocenters. The molecule has 1 heterocycles. The maximum Gasteiger partial charge on any atom is 0.243 e. The standard InChI is InChI=1S/C19H27N3O2/c1-5-12(2)13(3)21-19(24)18(22-14(4)23)10-15-11-20-17-9-7-6-8-16(15)17/h6-9,11-13,18,20H,5,10H2,1-4H3,(H,21,24)(H,22,23). The summed E-state index contributed by atoms with van der Waals surface area (Å²) in [6.45, 7) is 7.65. The maximum atomic E-state index is 12.6. The van der Waals surface area contributed by atoms with Crippen LogP contribution in [0.3, 0.4) is 0 Å². The molecule has 0 fully saturated rings. The number of carbonyl (C=O) groups excluding carboxylic acids is 2. The van der Waals surface area contributed by atoms with Gasteiger partial charge in [0.15, 0.2) is 0 Å². The van der Waals surface area contributed by atoms with E-state index in [-0.39, 0.29) is 17.9 Å². The highest BCUT2D eigenvalue weighted by Crippen LogP contribution is 2.19. The van der Waals surface area contributed by atoms with E-state index in [0.717, 1.165) is 22.9 Å². The Morgan fingerprint density at radius 1 is 1.17 bits per heavy atom. The topological polar surface area (TPSA) is 74.0 Å². The SMILES string of the molecule is CCC(C)C(C)NC(=O)C(Cc1c[nH]c2ccccc12)NC(C)=O. The molecule has 0 radical (unpaired) electrons. The number of amides is 2. The number of fused-ring (bicyclic) bond motifs is 1. The third-order valence-electron chi connectivity index (χ3n) is 4.66. The van der Waals surface area contributed by atoms with Gasteiger partial charge >= 0.3 is 0 Å². The van der Waals surface area contributed by atoms with E-state index >= 15 is 0 Å². The Morgan fingerprint density at radius 3 is 2.54 bits per heavy atom. The largest absolute Gasteiger partial charge is 0.361 e. The summed E-state index contributed by atoms with van der Waals surface area (Å²) in [5.74, 6) is 0.0504. The van der Waals surface area contributed by atoms with Crippen LogP contribution in [-0.2, 0) is 16.0 Å². The molecule has 130 valence electrons. The number of aromatic nitrogens is 1. The molecule has 5 heteroatoms. The van der Waals surface area contributed by atoms with E-state index in [4.69, 9.17) is 0 Å². The van der Waals surface area contributed by atoms with Crippen molar-refractivity contribution in [3.63, 3.8) is 0 Å². The molecule has 3 atom stereocenters. The number of carbonyl (C=O) groups is 2. The summed E-state index contributed by atoms with van der Waals surface area (Å²) >= 11 is 0. The average Bonchev–Trinajstić information content (AvgIpc) is 2.96. The van der Waals surface area contributed by atoms with Gasteiger partial charge in [0, 0.05) is 36.5 Å². The van der Waals surface area contributed by atoms with Gasteiger partial charge in [0.2, 0.25) is 11.8 Å². The molecule has 5 nitrogen and oxygen atoms in total. The molecule has 0 saturated heterocycles. The number of H-pyrrole nitrogens is 1. The second kappa shape index (κ2) is 7.99. The van der Waals surface area contributed by atoms with Gasteiger partial charge in [0.05, 0.1) is 0 Å². The summed E-state index contributed by atoms with van der Waals surface area (Å²) in [5, 5.41) is 6.89. The first-order chi connectivity index (χ1) is 11.4. The van der Waals surface area contributed by atoms with Crippen molar-refractivity contribution in [2.75, 3.05) is 0 Å². The highest BCUT2D eigenvalue weighted by molar-refractivity contribution is 5.89. The van der Waals surface area contributed by atoms with Crippen molar-refractivity contribution >= 4 is 22.7 Å². The fraction of sp³-hybridized carbons (Fsp3) is 0.474. The zero-order chi connectivity index (χ0) is 17.7. The van der Waals surface area contributed by atoms with Crippen molar-refractivity contribution in [2.45, 2.75) is 52.6 Å². The van der Waals surface area contributed by atoms with Crippen LogP contribution in [-0.4, -0.2) is 28.9 Å². The first-order valence-corrected chi connectivity index (χ1v) is 8.54. The van der Waals surface area contributed by atoms with Crippen LogP contribution in [0, 0.1) is 5.92 Å². The van der Waals surface area contributed by atoms with Gasteiger partial charge in [-0.25, -0.2) is 0 Å². The smallest absolute Gasteiger partial charge is 0.243 e. The zero-order valence-corrected chi connectivity index (χ0v) is 14.8. The van der Waals surface area contributed by atoms with E-state index in [0.29, 0.717) is 12.3 Å². The predicted molar refractivity (Wildman–Crippen MR) is 96.7 cm³/mol. The van der Waals surface area contributed by atoms with Crippen molar-refractivity contribution in [2.24, 2.45) is 5.92 Å². The van der Waals surface area contributed by atoms with Gasteiger partial charge in [0.1, 0.15) is 6.04 Å². The summed E-state index contributed by atoms with van der Waals surface area (Å²) in [4.78, 5) is 27.4. The minimum absolute atomic E-state index is 0.0710. The summed E-state index contributed by atoms with van der Waals surface area (Å²) in [6, 6.07) is 7.45. The number of hydrogen-bond acceptors (Lipinski definition) is 2. The minimum Gasteiger partial charge on any atom is -0.361 e. The van der Waals surface area contributed by atoms with Gasteiger partial charge in [-0.05, 0) is 24.5 Å². The molecule has 0 saturated carbocycles. The van der Waals surface area contributed by atoms with Crippen molar-refractivity contribution in [1.82, 2.24) is 15.6 Å². The lowest BCUT2D eigenvalue weighted by atomic mass is 9.99. The molecule has 0 aliphatic heterocycles. The van der Waals surface area contributed by atoms with Gasteiger partial charge in [-0.15, -0.1) is 0 Å². The van der Waals surface area contributed by atoms with E-state index in [2.05, 4.69) is 29.5 Å². The molecule has 2 aromatic rings. The molecule has 24 heavy (non-hydrogen) atoms. The van der Waals surface area contributed by atoms with Crippen LogP contribution in [0.1, 0.15) is 39.7 Å². The molecule has 1 aromatic carbocycles. The molecule has 1 aromatic heterocycles. The van der Waals surface area contributed by atoms with Gasteiger partial charge in [0.25, 0.3) is 0 Å². The molecule has 2 amide bonds. The second-order valence-corrected chi connectivity index (χ2v) is 6.50. The third kappa shape index (κ3) is 4.37. The highest BCUT2D eigenvalue weighted by Gasteiger charge is 2.23. The van der Waals surface area contributed by atoms with Crippen molar-refractivity contribution in [1.29, 1.82) is 0 Å².